The number of ketones is 1. The average molecular weight is 492 g/mol. The minimum Gasteiger partial charge on any atom is -0.465 e. The normalized spacial score (nSPS) is 11.1. The van der Waals surface area contributed by atoms with Gasteiger partial charge in [-0.15, -0.1) is 0 Å². The minimum atomic E-state index is -4.84. The molecule has 34 heavy (non-hydrogen) atoms. The second-order valence-corrected chi connectivity index (χ2v) is 7.63. The van der Waals surface area contributed by atoms with E-state index in [1.165, 1.54) is 6.07 Å². The van der Waals surface area contributed by atoms with E-state index in [9.17, 15) is 27.6 Å². The van der Waals surface area contributed by atoms with Gasteiger partial charge in [0.2, 0.25) is 5.91 Å². The summed E-state index contributed by atoms with van der Waals surface area (Å²) in [5, 5.41) is 12.2. The SMILES string of the molecule is Cc1cc(-c2cccc(C(=O)CC(=O)Nc3cc(Cl)c(C(F)(F)F)cc3NC(=O)O)c2)ccn1. The number of carbonyl (C=O) groups is 3. The van der Waals surface area contributed by atoms with Gasteiger partial charge in [0, 0.05) is 17.5 Å². The zero-order valence-corrected chi connectivity index (χ0v) is 18.3. The molecular formula is C23H17ClF3N3O4. The Kier molecular flexibility index (Phi) is 7.21. The molecule has 0 spiro atoms. The molecule has 2 amide bonds. The molecule has 0 aliphatic rings. The zero-order valence-electron chi connectivity index (χ0n) is 17.5. The third-order valence-corrected chi connectivity index (χ3v) is 4.98. The number of aryl methyl sites for hydroxylation is 1. The first kappa shape index (κ1) is 24.7. The molecule has 0 saturated heterocycles. The highest BCUT2D eigenvalue weighted by Crippen LogP contribution is 2.39. The van der Waals surface area contributed by atoms with Gasteiger partial charge in [-0.1, -0.05) is 29.8 Å². The Balaban J connectivity index is 1.80. The number of hydrogen-bond acceptors (Lipinski definition) is 4. The van der Waals surface area contributed by atoms with E-state index in [1.807, 2.05) is 13.0 Å². The van der Waals surface area contributed by atoms with Crippen LogP contribution in [-0.4, -0.2) is 27.9 Å². The first-order chi connectivity index (χ1) is 15.9. The molecule has 0 aliphatic carbocycles. The molecule has 2 aromatic carbocycles. The number of rotatable bonds is 6. The lowest BCUT2D eigenvalue weighted by atomic mass is 10.0. The molecule has 0 bridgehead atoms. The van der Waals surface area contributed by atoms with Crippen molar-refractivity contribution in [2.45, 2.75) is 19.5 Å². The van der Waals surface area contributed by atoms with Crippen molar-refractivity contribution in [2.75, 3.05) is 10.6 Å². The van der Waals surface area contributed by atoms with E-state index >= 15 is 0 Å². The second-order valence-electron chi connectivity index (χ2n) is 7.22. The summed E-state index contributed by atoms with van der Waals surface area (Å²) in [4.78, 5) is 40.2. The Morgan fingerprint density at radius 2 is 1.68 bits per heavy atom. The summed E-state index contributed by atoms with van der Waals surface area (Å²) in [6, 6.07) is 11.4. The van der Waals surface area contributed by atoms with Gasteiger partial charge in [0.05, 0.1) is 28.4 Å². The van der Waals surface area contributed by atoms with Gasteiger partial charge in [-0.05, 0) is 48.4 Å². The van der Waals surface area contributed by atoms with E-state index in [0.29, 0.717) is 6.07 Å². The van der Waals surface area contributed by atoms with E-state index in [2.05, 4.69) is 10.3 Å². The van der Waals surface area contributed by atoms with E-state index in [1.54, 1.807) is 35.8 Å². The number of pyridine rings is 1. The summed E-state index contributed by atoms with van der Waals surface area (Å²) in [5.74, 6) is -1.41. The summed E-state index contributed by atoms with van der Waals surface area (Å²) in [7, 11) is 0. The molecule has 11 heteroatoms. The van der Waals surface area contributed by atoms with Crippen molar-refractivity contribution in [1.29, 1.82) is 0 Å². The van der Waals surface area contributed by atoms with E-state index in [-0.39, 0.29) is 11.3 Å². The molecule has 0 aliphatic heterocycles. The fourth-order valence-electron chi connectivity index (χ4n) is 3.15. The second kappa shape index (κ2) is 9.92. The zero-order chi connectivity index (χ0) is 25.0. The minimum absolute atomic E-state index is 0.247. The number of aromatic nitrogens is 1. The number of nitrogens with zero attached hydrogens (tertiary/aromatic N) is 1. The van der Waals surface area contributed by atoms with Gasteiger partial charge in [0.25, 0.3) is 0 Å². The third-order valence-electron chi connectivity index (χ3n) is 4.66. The number of halogens is 4. The van der Waals surface area contributed by atoms with Crippen LogP contribution in [0.25, 0.3) is 11.1 Å². The Morgan fingerprint density at radius 1 is 1.00 bits per heavy atom. The van der Waals surface area contributed by atoms with Crippen molar-refractivity contribution >= 4 is 40.8 Å². The lowest BCUT2D eigenvalue weighted by molar-refractivity contribution is -0.137. The van der Waals surface area contributed by atoms with Crippen LogP contribution in [0.2, 0.25) is 5.02 Å². The summed E-state index contributed by atoms with van der Waals surface area (Å²) in [6.45, 7) is 1.82. The van der Waals surface area contributed by atoms with Gasteiger partial charge in [-0.25, -0.2) is 4.79 Å². The number of hydrogen-bond donors (Lipinski definition) is 3. The maximum atomic E-state index is 13.1. The lowest BCUT2D eigenvalue weighted by Crippen LogP contribution is -2.19. The molecule has 0 atom stereocenters. The summed E-state index contributed by atoms with van der Waals surface area (Å²) in [5.41, 5.74) is 0.454. The molecule has 176 valence electrons. The van der Waals surface area contributed by atoms with Gasteiger partial charge in [-0.2, -0.15) is 13.2 Å². The molecule has 3 aromatic rings. The number of anilines is 2. The van der Waals surface area contributed by atoms with E-state index in [4.69, 9.17) is 16.7 Å². The van der Waals surface area contributed by atoms with E-state index in [0.717, 1.165) is 22.9 Å². The molecule has 0 unspecified atom stereocenters. The highest BCUT2D eigenvalue weighted by Gasteiger charge is 2.34. The number of benzene rings is 2. The smallest absolute Gasteiger partial charge is 0.417 e. The van der Waals surface area contributed by atoms with Crippen molar-refractivity contribution in [3.63, 3.8) is 0 Å². The van der Waals surface area contributed by atoms with Crippen LogP contribution in [0.1, 0.15) is 28.0 Å². The fraction of sp³-hybridized carbons (Fsp3) is 0.130. The standard InChI is InChI=1S/C23H17ClF3N3O4/c1-12-7-14(5-6-28-12)13-3-2-4-15(8-13)20(31)11-21(32)29-19-10-17(24)16(23(25,26)27)9-18(19)30-22(33)34/h2-10,30H,11H2,1H3,(H,29,32)(H,33,34). The first-order valence-corrected chi connectivity index (χ1v) is 10.1. The third kappa shape index (κ3) is 6.10. The molecule has 3 N–H and O–H groups in total. The predicted molar refractivity (Wildman–Crippen MR) is 120 cm³/mol. The lowest BCUT2D eigenvalue weighted by Gasteiger charge is -2.16. The molecule has 0 radical (unpaired) electrons. The van der Waals surface area contributed by atoms with Gasteiger partial charge in [0.15, 0.2) is 5.78 Å². The van der Waals surface area contributed by atoms with Crippen LogP contribution < -0.4 is 10.6 Å². The quantitative estimate of drug-likeness (QED) is 0.288. The molecule has 3 rings (SSSR count). The molecule has 7 nitrogen and oxygen atoms in total. The number of alkyl halides is 3. The molecule has 0 fully saturated rings. The van der Waals surface area contributed by atoms with Gasteiger partial charge in [0.1, 0.15) is 0 Å². The van der Waals surface area contributed by atoms with Crippen molar-refractivity contribution in [3.8, 4) is 11.1 Å². The van der Waals surface area contributed by atoms with Crippen LogP contribution >= 0.6 is 11.6 Å². The van der Waals surface area contributed by atoms with Crippen LogP contribution in [0.5, 0.6) is 0 Å². The van der Waals surface area contributed by atoms with Crippen LogP contribution in [0.4, 0.5) is 29.3 Å². The van der Waals surface area contributed by atoms with Crippen molar-refractivity contribution in [1.82, 2.24) is 4.98 Å². The average Bonchev–Trinajstić information content (AvgIpc) is 2.74. The highest BCUT2D eigenvalue weighted by atomic mass is 35.5. The Labute approximate surface area is 196 Å². The van der Waals surface area contributed by atoms with Crippen LogP contribution in [0.15, 0.2) is 54.7 Å². The molecule has 1 heterocycles. The number of carbonyl (C=O) groups excluding carboxylic acids is 2. The summed E-state index contributed by atoms with van der Waals surface area (Å²) in [6.07, 6.45) is -5.50. The maximum absolute atomic E-state index is 13.1. The summed E-state index contributed by atoms with van der Waals surface area (Å²) < 4.78 is 39.3. The summed E-state index contributed by atoms with van der Waals surface area (Å²) >= 11 is 5.68. The largest absolute Gasteiger partial charge is 0.465 e. The molecule has 0 saturated carbocycles. The fourth-order valence-corrected chi connectivity index (χ4v) is 3.42. The Hall–Kier alpha value is -3.92. The number of Topliss-reactive ketones (excluding diaryl/α,β-unsaturated/α-hetero) is 1. The Morgan fingerprint density at radius 3 is 2.32 bits per heavy atom. The van der Waals surface area contributed by atoms with Crippen LogP contribution in [0, 0.1) is 6.92 Å². The van der Waals surface area contributed by atoms with E-state index < -0.39 is 46.7 Å². The number of nitrogens with one attached hydrogen (secondary N) is 2. The first-order valence-electron chi connectivity index (χ1n) is 9.71. The Bertz CT molecular complexity index is 1280. The highest BCUT2D eigenvalue weighted by molar-refractivity contribution is 6.32. The van der Waals surface area contributed by atoms with Crippen LogP contribution in [-0.2, 0) is 11.0 Å². The molecule has 1 aromatic heterocycles. The number of amides is 2. The topological polar surface area (TPSA) is 108 Å². The van der Waals surface area contributed by atoms with Crippen molar-refractivity contribution in [2.24, 2.45) is 0 Å². The van der Waals surface area contributed by atoms with Gasteiger partial charge < -0.3 is 10.4 Å². The van der Waals surface area contributed by atoms with Gasteiger partial charge in [-0.3, -0.25) is 19.9 Å². The van der Waals surface area contributed by atoms with Crippen molar-refractivity contribution < 1.29 is 32.7 Å². The number of carboxylic acid groups (broad SMARTS) is 1. The monoisotopic (exact) mass is 491 g/mol. The molecular weight excluding hydrogens is 475 g/mol. The van der Waals surface area contributed by atoms with Gasteiger partial charge >= 0.3 is 12.3 Å². The van der Waals surface area contributed by atoms with Crippen LogP contribution in [0.3, 0.4) is 0 Å². The maximum Gasteiger partial charge on any atom is 0.417 e. The predicted octanol–water partition coefficient (Wildman–Crippen LogP) is 6.03. The van der Waals surface area contributed by atoms with Crippen molar-refractivity contribution in [3.05, 3.63) is 76.6 Å².